The van der Waals surface area contributed by atoms with E-state index in [0.29, 0.717) is 49.1 Å². The van der Waals surface area contributed by atoms with Crippen LogP contribution in [0, 0.1) is 24.0 Å². The number of phenolic OH excluding ortho intramolecular Hbond substituents is 1. The maximum absolute atomic E-state index is 16.9. The van der Waals surface area contributed by atoms with Gasteiger partial charge in [-0.1, -0.05) is 12.0 Å². The average molecular weight is 647 g/mol. The summed E-state index contributed by atoms with van der Waals surface area (Å²) in [5, 5.41) is 15.1. The van der Waals surface area contributed by atoms with Gasteiger partial charge in [-0.3, -0.25) is 14.3 Å². The summed E-state index contributed by atoms with van der Waals surface area (Å²) in [5.74, 6) is 1.11. The number of hydrogen-bond acceptors (Lipinski definition) is 8. The zero-order chi connectivity index (χ0) is 32.5. The predicted molar refractivity (Wildman–Crippen MR) is 170 cm³/mol. The van der Waals surface area contributed by atoms with E-state index in [-0.39, 0.29) is 52.1 Å². The van der Waals surface area contributed by atoms with Gasteiger partial charge in [-0.05, 0) is 62.2 Å². The number of fused-ring (bicyclic) bond motifs is 5. The number of phenols is 1. The minimum absolute atomic E-state index is 0.0615. The zero-order valence-corrected chi connectivity index (χ0v) is 25.7. The standard InChI is InChI=1S/C35H34F4N6O2/c1-2-24-27(38)5-4-20-12-23(46)13-25(28(20)24)30-29(39)31-26(15-40-30)32(44-17-22-6-8-34(18-44,43-22)9-10-36)42-33(41-31)47-19-35-7-3-11-45(35)16-21(37)14-35/h1,4-5,12-13,15,21-22,43,46H,3,6-11,14,16-19H2/t21-,22+,34+,35+/m1/s1. The van der Waals surface area contributed by atoms with E-state index >= 15 is 4.39 Å². The third kappa shape index (κ3) is 4.93. The number of terminal acetylenes is 1. The van der Waals surface area contributed by atoms with E-state index in [9.17, 15) is 18.3 Å². The molecule has 244 valence electrons. The van der Waals surface area contributed by atoms with Crippen molar-refractivity contribution < 1.29 is 27.4 Å². The maximum Gasteiger partial charge on any atom is 0.319 e. The number of halogens is 4. The molecule has 2 aromatic carbocycles. The van der Waals surface area contributed by atoms with Gasteiger partial charge in [-0.2, -0.15) is 9.97 Å². The van der Waals surface area contributed by atoms with Gasteiger partial charge >= 0.3 is 6.01 Å². The number of piperazine rings is 1. The van der Waals surface area contributed by atoms with Crippen molar-refractivity contribution in [1.82, 2.24) is 25.2 Å². The number of nitrogens with zero attached hydrogens (tertiary/aromatic N) is 5. The van der Waals surface area contributed by atoms with Gasteiger partial charge in [0.2, 0.25) is 0 Å². The summed E-state index contributed by atoms with van der Waals surface area (Å²) in [6, 6.07) is 5.42. The Balaban J connectivity index is 1.28. The highest BCUT2D eigenvalue weighted by Gasteiger charge is 2.50. The Morgan fingerprint density at radius 2 is 2.04 bits per heavy atom. The molecule has 12 heteroatoms. The molecule has 8 rings (SSSR count). The summed E-state index contributed by atoms with van der Waals surface area (Å²) in [7, 11) is 0. The van der Waals surface area contributed by atoms with Crippen molar-refractivity contribution >= 4 is 27.5 Å². The van der Waals surface area contributed by atoms with Gasteiger partial charge in [0, 0.05) is 54.8 Å². The summed E-state index contributed by atoms with van der Waals surface area (Å²) >= 11 is 0. The van der Waals surface area contributed by atoms with E-state index in [0.717, 1.165) is 32.2 Å². The Hall–Kier alpha value is -4.21. The monoisotopic (exact) mass is 646 g/mol. The number of hydrogen-bond donors (Lipinski definition) is 2. The first-order valence-electron chi connectivity index (χ1n) is 16.1. The molecule has 0 aliphatic carbocycles. The van der Waals surface area contributed by atoms with E-state index in [4.69, 9.17) is 16.1 Å². The first-order valence-corrected chi connectivity index (χ1v) is 16.1. The summed E-state index contributed by atoms with van der Waals surface area (Å²) < 4.78 is 66.1. The van der Waals surface area contributed by atoms with Crippen LogP contribution < -0.4 is 15.0 Å². The van der Waals surface area contributed by atoms with Gasteiger partial charge in [0.05, 0.1) is 23.2 Å². The molecule has 0 saturated carbocycles. The second-order valence-corrected chi connectivity index (χ2v) is 13.5. The first kappa shape index (κ1) is 30.1. The Morgan fingerprint density at radius 1 is 1.17 bits per heavy atom. The minimum atomic E-state index is -0.948. The SMILES string of the molecule is C#Cc1c(F)ccc2cc(O)cc(-c3ncc4c(N5C[C@@H]6CC[C@](CCF)(C5)N6)nc(OC[C@@]56CCCN5C[C@H](F)C6)nc4c3F)c12. The molecular formula is C35H34F4N6O2. The van der Waals surface area contributed by atoms with Crippen molar-refractivity contribution in [1.29, 1.82) is 0 Å². The molecule has 2 N–H and O–H groups in total. The second-order valence-electron chi connectivity index (χ2n) is 13.5. The number of aromatic nitrogens is 3. The average Bonchev–Trinajstić information content (AvgIpc) is 3.68. The highest BCUT2D eigenvalue weighted by Crippen LogP contribution is 2.43. The molecule has 4 aromatic rings. The van der Waals surface area contributed by atoms with E-state index < -0.39 is 35.6 Å². The molecule has 47 heavy (non-hydrogen) atoms. The Bertz CT molecular complexity index is 1950. The number of ether oxygens (including phenoxy) is 1. The van der Waals surface area contributed by atoms with Crippen LogP contribution in [0.1, 0.15) is 44.1 Å². The van der Waals surface area contributed by atoms with Crippen LogP contribution in [0.15, 0.2) is 30.5 Å². The summed E-state index contributed by atoms with van der Waals surface area (Å²) in [6.07, 6.45) is 10.3. The summed E-state index contributed by atoms with van der Waals surface area (Å²) in [4.78, 5) is 17.9. The van der Waals surface area contributed by atoms with Crippen molar-refractivity contribution in [3.63, 3.8) is 0 Å². The van der Waals surface area contributed by atoms with Crippen molar-refractivity contribution in [2.75, 3.05) is 44.4 Å². The van der Waals surface area contributed by atoms with E-state index in [1.165, 1.54) is 30.5 Å². The topological polar surface area (TPSA) is 86.6 Å². The van der Waals surface area contributed by atoms with E-state index in [1.54, 1.807) is 0 Å². The molecule has 0 unspecified atom stereocenters. The van der Waals surface area contributed by atoms with Crippen LogP contribution in [0.25, 0.3) is 32.9 Å². The number of benzene rings is 2. The predicted octanol–water partition coefficient (Wildman–Crippen LogP) is 5.44. The molecule has 0 amide bonds. The first-order chi connectivity index (χ1) is 22.7. The van der Waals surface area contributed by atoms with E-state index in [2.05, 4.69) is 26.1 Å². The number of aromatic hydroxyl groups is 1. The second kappa shape index (κ2) is 11.2. The lowest BCUT2D eigenvalue weighted by Gasteiger charge is -2.42. The van der Waals surface area contributed by atoms with Crippen molar-refractivity contribution in [3.05, 3.63) is 47.7 Å². The fourth-order valence-electron chi connectivity index (χ4n) is 8.52. The summed E-state index contributed by atoms with van der Waals surface area (Å²) in [6.45, 7) is 1.83. The van der Waals surface area contributed by atoms with Crippen LogP contribution in [0.5, 0.6) is 11.8 Å². The van der Waals surface area contributed by atoms with Crippen molar-refractivity contribution in [2.24, 2.45) is 0 Å². The van der Waals surface area contributed by atoms with Gasteiger partial charge < -0.3 is 20.1 Å². The Kier molecular flexibility index (Phi) is 7.18. The molecule has 4 fully saturated rings. The van der Waals surface area contributed by atoms with Crippen molar-refractivity contribution in [2.45, 2.75) is 61.8 Å². The molecule has 2 bridgehead atoms. The number of rotatable bonds is 7. The maximum atomic E-state index is 16.9. The van der Waals surface area contributed by atoms with Gasteiger partial charge in [-0.25, -0.2) is 13.2 Å². The third-order valence-electron chi connectivity index (χ3n) is 10.6. The molecule has 0 radical (unpaired) electrons. The number of nitrogens with one attached hydrogen (secondary N) is 1. The molecule has 2 aromatic heterocycles. The fraction of sp³-hybridized carbons (Fsp3) is 0.457. The molecule has 4 aliphatic rings. The Morgan fingerprint density at radius 3 is 2.87 bits per heavy atom. The van der Waals surface area contributed by atoms with Gasteiger partial charge in [-0.15, -0.1) is 6.42 Å². The number of pyridine rings is 1. The molecule has 8 nitrogen and oxygen atoms in total. The van der Waals surface area contributed by atoms with Crippen LogP contribution in [-0.2, 0) is 0 Å². The van der Waals surface area contributed by atoms with Gasteiger partial charge in [0.1, 0.15) is 41.4 Å². The normalized spacial score (nSPS) is 27.1. The fourth-order valence-corrected chi connectivity index (χ4v) is 8.52. The Labute approximate surface area is 269 Å². The van der Waals surface area contributed by atoms with Crippen LogP contribution in [0.2, 0.25) is 0 Å². The number of anilines is 1. The molecule has 4 atom stereocenters. The third-order valence-corrected chi connectivity index (χ3v) is 10.6. The van der Waals surface area contributed by atoms with Gasteiger partial charge in [0.25, 0.3) is 0 Å². The lowest BCUT2D eigenvalue weighted by atomic mass is 9.93. The molecule has 4 aliphatic heterocycles. The lowest BCUT2D eigenvalue weighted by Crippen LogP contribution is -2.60. The number of alkyl halides is 2. The lowest BCUT2D eigenvalue weighted by molar-refractivity contribution is 0.107. The summed E-state index contributed by atoms with van der Waals surface area (Å²) in [5.41, 5.74) is -1.15. The van der Waals surface area contributed by atoms with Crippen molar-refractivity contribution in [3.8, 4) is 35.4 Å². The molecule has 4 saturated heterocycles. The highest BCUT2D eigenvalue weighted by atomic mass is 19.1. The smallest absolute Gasteiger partial charge is 0.319 e. The van der Waals surface area contributed by atoms with Crippen LogP contribution in [0.3, 0.4) is 0 Å². The van der Waals surface area contributed by atoms with Gasteiger partial charge in [0.15, 0.2) is 5.82 Å². The quantitative estimate of drug-likeness (QED) is 0.203. The highest BCUT2D eigenvalue weighted by molar-refractivity contribution is 6.03. The molecule has 6 heterocycles. The largest absolute Gasteiger partial charge is 0.508 e. The van der Waals surface area contributed by atoms with Crippen LogP contribution in [0.4, 0.5) is 23.4 Å². The van der Waals surface area contributed by atoms with E-state index in [1.807, 2.05) is 4.90 Å². The minimum Gasteiger partial charge on any atom is -0.508 e. The zero-order valence-electron chi connectivity index (χ0n) is 25.7. The molecular weight excluding hydrogens is 612 g/mol. The molecule has 0 spiro atoms. The van der Waals surface area contributed by atoms with Crippen LogP contribution >= 0.6 is 0 Å². The van der Waals surface area contributed by atoms with Crippen LogP contribution in [-0.4, -0.2) is 87.7 Å².